The van der Waals surface area contributed by atoms with E-state index in [9.17, 15) is 4.39 Å². The highest BCUT2D eigenvalue weighted by atomic mass is 79.9. The molecule has 0 bridgehead atoms. The van der Waals surface area contributed by atoms with E-state index in [0.717, 1.165) is 10.4 Å². The SMILES string of the molecule is NCc1sccc1-c1ccc(Br)c(Cl)c1F. The second-order valence-electron chi connectivity index (χ2n) is 3.18. The molecule has 84 valence electrons. The number of hydrogen-bond acceptors (Lipinski definition) is 2. The average Bonchev–Trinajstić information content (AvgIpc) is 2.74. The lowest BCUT2D eigenvalue weighted by atomic mass is 10.1. The van der Waals surface area contributed by atoms with E-state index in [1.165, 1.54) is 11.3 Å². The molecular formula is C11H8BrClFNS. The monoisotopic (exact) mass is 319 g/mol. The first-order chi connectivity index (χ1) is 7.65. The van der Waals surface area contributed by atoms with E-state index in [1.807, 2.05) is 11.4 Å². The number of hydrogen-bond donors (Lipinski definition) is 1. The summed E-state index contributed by atoms with van der Waals surface area (Å²) in [6.45, 7) is 0.403. The molecule has 1 aromatic carbocycles. The normalized spacial score (nSPS) is 10.8. The summed E-state index contributed by atoms with van der Waals surface area (Å²) in [6, 6.07) is 5.29. The highest BCUT2D eigenvalue weighted by Gasteiger charge is 2.14. The molecule has 0 radical (unpaired) electrons. The molecule has 0 spiro atoms. The Morgan fingerprint density at radius 3 is 2.75 bits per heavy atom. The molecule has 0 saturated carbocycles. The van der Waals surface area contributed by atoms with Gasteiger partial charge in [0.2, 0.25) is 0 Å². The molecule has 1 nitrogen and oxygen atoms in total. The van der Waals surface area contributed by atoms with E-state index in [2.05, 4.69) is 15.9 Å². The standard InChI is InChI=1S/C11H8BrClFNS/c12-8-2-1-7(11(14)10(8)13)6-3-4-16-9(6)5-15/h1-4H,5,15H2. The van der Waals surface area contributed by atoms with Gasteiger partial charge in [0.15, 0.2) is 5.82 Å². The topological polar surface area (TPSA) is 26.0 Å². The van der Waals surface area contributed by atoms with Crippen LogP contribution in [0.15, 0.2) is 28.1 Å². The quantitative estimate of drug-likeness (QED) is 0.814. The van der Waals surface area contributed by atoms with Gasteiger partial charge in [0, 0.05) is 21.5 Å². The Balaban J connectivity index is 2.61. The fourth-order valence-corrected chi connectivity index (χ4v) is 2.71. The predicted molar refractivity (Wildman–Crippen MR) is 70.3 cm³/mol. The maximum atomic E-state index is 13.9. The van der Waals surface area contributed by atoms with Gasteiger partial charge in [-0.2, -0.15) is 0 Å². The third-order valence-corrected chi connectivity index (χ3v) is 4.46. The summed E-state index contributed by atoms with van der Waals surface area (Å²) in [5.41, 5.74) is 6.91. The van der Waals surface area contributed by atoms with Crippen molar-refractivity contribution in [1.29, 1.82) is 0 Å². The molecule has 0 saturated heterocycles. The van der Waals surface area contributed by atoms with Crippen molar-refractivity contribution < 1.29 is 4.39 Å². The third-order valence-electron chi connectivity index (χ3n) is 2.26. The van der Waals surface area contributed by atoms with E-state index in [1.54, 1.807) is 12.1 Å². The van der Waals surface area contributed by atoms with Crippen molar-refractivity contribution in [3.05, 3.63) is 43.8 Å². The molecule has 2 N–H and O–H groups in total. The summed E-state index contributed by atoms with van der Waals surface area (Å²) >= 11 is 10.5. The summed E-state index contributed by atoms with van der Waals surface area (Å²) in [4.78, 5) is 0.956. The molecule has 0 fully saturated rings. The summed E-state index contributed by atoms with van der Waals surface area (Å²) in [7, 11) is 0. The van der Waals surface area contributed by atoms with E-state index in [0.29, 0.717) is 16.6 Å². The number of thiophene rings is 1. The van der Waals surface area contributed by atoms with Gasteiger partial charge in [0.25, 0.3) is 0 Å². The second kappa shape index (κ2) is 4.84. The molecular weight excluding hydrogens is 313 g/mol. The van der Waals surface area contributed by atoms with Gasteiger partial charge < -0.3 is 5.73 Å². The van der Waals surface area contributed by atoms with Crippen LogP contribution in [0.3, 0.4) is 0 Å². The van der Waals surface area contributed by atoms with Crippen LogP contribution < -0.4 is 5.73 Å². The molecule has 5 heteroatoms. The van der Waals surface area contributed by atoms with Crippen LogP contribution in [0.5, 0.6) is 0 Å². The zero-order valence-corrected chi connectivity index (χ0v) is 11.3. The average molecular weight is 321 g/mol. The van der Waals surface area contributed by atoms with Crippen LogP contribution >= 0.6 is 38.9 Å². The molecule has 0 unspecified atom stereocenters. The maximum absolute atomic E-state index is 13.9. The maximum Gasteiger partial charge on any atom is 0.150 e. The summed E-state index contributed by atoms with van der Waals surface area (Å²) in [6.07, 6.45) is 0. The van der Waals surface area contributed by atoms with Crippen LogP contribution in [-0.4, -0.2) is 0 Å². The first kappa shape index (κ1) is 12.0. The van der Waals surface area contributed by atoms with Crippen molar-refractivity contribution in [2.75, 3.05) is 0 Å². The van der Waals surface area contributed by atoms with Crippen LogP contribution in [0.4, 0.5) is 4.39 Å². The zero-order chi connectivity index (χ0) is 11.7. The van der Waals surface area contributed by atoms with Gasteiger partial charge >= 0.3 is 0 Å². The molecule has 0 aliphatic rings. The minimum Gasteiger partial charge on any atom is -0.326 e. The number of halogens is 3. The van der Waals surface area contributed by atoms with Crippen LogP contribution in [-0.2, 0) is 6.54 Å². The Morgan fingerprint density at radius 1 is 1.31 bits per heavy atom. The molecule has 1 heterocycles. The summed E-state index contributed by atoms with van der Waals surface area (Å²) in [5, 5.41) is 2.00. The Kier molecular flexibility index (Phi) is 3.64. The van der Waals surface area contributed by atoms with E-state index in [-0.39, 0.29) is 5.02 Å². The first-order valence-electron chi connectivity index (χ1n) is 4.55. The van der Waals surface area contributed by atoms with Crippen molar-refractivity contribution >= 4 is 38.9 Å². The van der Waals surface area contributed by atoms with Gasteiger partial charge in [-0.05, 0) is 39.0 Å². The summed E-state index contributed by atoms with van der Waals surface area (Å²) in [5.74, 6) is -0.413. The van der Waals surface area contributed by atoms with E-state index in [4.69, 9.17) is 17.3 Å². The fourth-order valence-electron chi connectivity index (χ4n) is 1.47. The van der Waals surface area contributed by atoms with Crippen molar-refractivity contribution in [2.24, 2.45) is 5.73 Å². The van der Waals surface area contributed by atoms with Gasteiger partial charge in [-0.15, -0.1) is 11.3 Å². The van der Waals surface area contributed by atoms with Crippen molar-refractivity contribution in [2.45, 2.75) is 6.54 Å². The van der Waals surface area contributed by atoms with Crippen molar-refractivity contribution in [1.82, 2.24) is 0 Å². The van der Waals surface area contributed by atoms with Crippen molar-refractivity contribution in [3.8, 4) is 11.1 Å². The Hall–Kier alpha value is -0.420. The molecule has 0 aliphatic heterocycles. The minimum absolute atomic E-state index is 0.103. The summed E-state index contributed by atoms with van der Waals surface area (Å²) < 4.78 is 14.5. The lowest BCUT2D eigenvalue weighted by Gasteiger charge is -2.06. The van der Waals surface area contributed by atoms with Crippen LogP contribution in [0, 0.1) is 5.82 Å². The molecule has 2 aromatic rings. The van der Waals surface area contributed by atoms with Gasteiger partial charge in [0.1, 0.15) is 0 Å². The number of benzene rings is 1. The highest BCUT2D eigenvalue weighted by Crippen LogP contribution is 2.35. The lowest BCUT2D eigenvalue weighted by molar-refractivity contribution is 0.631. The molecule has 2 rings (SSSR count). The van der Waals surface area contributed by atoms with Crippen LogP contribution in [0.2, 0.25) is 5.02 Å². The Labute approximate surface area is 110 Å². The zero-order valence-electron chi connectivity index (χ0n) is 8.14. The molecule has 0 atom stereocenters. The molecule has 0 aliphatic carbocycles. The lowest BCUT2D eigenvalue weighted by Crippen LogP contribution is -1.96. The molecule has 16 heavy (non-hydrogen) atoms. The van der Waals surface area contributed by atoms with Gasteiger partial charge in [0.05, 0.1) is 5.02 Å². The van der Waals surface area contributed by atoms with Gasteiger partial charge in [-0.3, -0.25) is 0 Å². The first-order valence-corrected chi connectivity index (χ1v) is 6.60. The largest absolute Gasteiger partial charge is 0.326 e. The van der Waals surface area contributed by atoms with Crippen LogP contribution in [0.1, 0.15) is 4.88 Å². The molecule has 1 aromatic heterocycles. The van der Waals surface area contributed by atoms with E-state index < -0.39 is 5.82 Å². The van der Waals surface area contributed by atoms with Gasteiger partial charge in [-0.1, -0.05) is 17.7 Å². The van der Waals surface area contributed by atoms with E-state index >= 15 is 0 Å². The Bertz CT molecular complexity index is 527. The second-order valence-corrected chi connectivity index (χ2v) is 5.42. The fraction of sp³-hybridized carbons (Fsp3) is 0.0909. The Morgan fingerprint density at radius 2 is 2.06 bits per heavy atom. The highest BCUT2D eigenvalue weighted by molar-refractivity contribution is 9.10. The number of rotatable bonds is 2. The minimum atomic E-state index is -0.413. The third kappa shape index (κ3) is 2.02. The number of nitrogens with two attached hydrogens (primary N) is 1. The van der Waals surface area contributed by atoms with Gasteiger partial charge in [-0.25, -0.2) is 4.39 Å². The smallest absolute Gasteiger partial charge is 0.150 e. The molecule has 0 amide bonds. The van der Waals surface area contributed by atoms with Crippen LogP contribution in [0.25, 0.3) is 11.1 Å². The predicted octanol–water partition coefficient (Wildman–Crippen LogP) is 4.43. The van der Waals surface area contributed by atoms with Crippen molar-refractivity contribution in [3.63, 3.8) is 0 Å².